The van der Waals surface area contributed by atoms with Crippen LogP contribution in [0, 0.1) is 0 Å². The van der Waals surface area contributed by atoms with Gasteiger partial charge in [-0.2, -0.15) is 0 Å². The minimum absolute atomic E-state index is 0.0653. The second kappa shape index (κ2) is 4.57. The monoisotopic (exact) mass is 216 g/mol. The SMILES string of the molecule is CN(Cc1ncc[nH]1)C(=O)c1cccnc1. The number of hydrogen-bond donors (Lipinski definition) is 1. The van der Waals surface area contributed by atoms with Crippen LogP contribution in [0.25, 0.3) is 0 Å². The van der Waals surface area contributed by atoms with E-state index in [9.17, 15) is 4.79 Å². The number of nitrogens with zero attached hydrogens (tertiary/aromatic N) is 3. The van der Waals surface area contributed by atoms with Crippen molar-refractivity contribution < 1.29 is 4.79 Å². The van der Waals surface area contributed by atoms with Crippen molar-refractivity contribution in [3.05, 3.63) is 48.3 Å². The van der Waals surface area contributed by atoms with Crippen molar-refractivity contribution in [2.45, 2.75) is 6.54 Å². The third-order valence-corrected chi connectivity index (χ3v) is 2.20. The maximum absolute atomic E-state index is 11.9. The second-order valence-electron chi connectivity index (χ2n) is 3.44. The summed E-state index contributed by atoms with van der Waals surface area (Å²) in [6.45, 7) is 0.459. The number of H-pyrrole nitrogens is 1. The molecule has 0 aliphatic carbocycles. The topological polar surface area (TPSA) is 61.9 Å². The number of rotatable bonds is 3. The number of aromatic amines is 1. The van der Waals surface area contributed by atoms with Gasteiger partial charge in [-0.3, -0.25) is 9.78 Å². The maximum atomic E-state index is 11.9. The molecule has 0 fully saturated rings. The number of amides is 1. The van der Waals surface area contributed by atoms with E-state index < -0.39 is 0 Å². The van der Waals surface area contributed by atoms with E-state index in [0.29, 0.717) is 12.1 Å². The summed E-state index contributed by atoms with van der Waals surface area (Å²) in [6, 6.07) is 3.49. The molecule has 0 saturated heterocycles. The van der Waals surface area contributed by atoms with Gasteiger partial charge in [0.1, 0.15) is 5.82 Å². The van der Waals surface area contributed by atoms with Crippen molar-refractivity contribution >= 4 is 5.91 Å². The Morgan fingerprint density at radius 2 is 2.38 bits per heavy atom. The number of carbonyl (C=O) groups is 1. The van der Waals surface area contributed by atoms with E-state index in [0.717, 1.165) is 5.82 Å². The van der Waals surface area contributed by atoms with E-state index in [1.165, 1.54) is 0 Å². The lowest BCUT2D eigenvalue weighted by Gasteiger charge is -2.15. The highest BCUT2D eigenvalue weighted by Gasteiger charge is 2.12. The van der Waals surface area contributed by atoms with Crippen LogP contribution in [0.4, 0.5) is 0 Å². The molecule has 1 amide bonds. The van der Waals surface area contributed by atoms with Crippen LogP contribution in [0.3, 0.4) is 0 Å². The Balaban J connectivity index is 2.05. The van der Waals surface area contributed by atoms with E-state index in [1.807, 2.05) is 0 Å². The van der Waals surface area contributed by atoms with E-state index in [2.05, 4.69) is 15.0 Å². The van der Waals surface area contributed by atoms with E-state index in [-0.39, 0.29) is 5.91 Å². The number of imidazole rings is 1. The van der Waals surface area contributed by atoms with Crippen LogP contribution in [0.1, 0.15) is 16.2 Å². The molecule has 82 valence electrons. The third-order valence-electron chi connectivity index (χ3n) is 2.20. The first-order chi connectivity index (χ1) is 7.77. The predicted molar refractivity (Wildman–Crippen MR) is 58.6 cm³/mol. The molecule has 16 heavy (non-hydrogen) atoms. The summed E-state index contributed by atoms with van der Waals surface area (Å²) < 4.78 is 0. The van der Waals surface area contributed by atoms with Gasteiger partial charge in [-0.05, 0) is 12.1 Å². The van der Waals surface area contributed by atoms with Gasteiger partial charge in [-0.1, -0.05) is 0 Å². The number of hydrogen-bond acceptors (Lipinski definition) is 3. The highest BCUT2D eigenvalue weighted by atomic mass is 16.2. The maximum Gasteiger partial charge on any atom is 0.255 e. The first-order valence-corrected chi connectivity index (χ1v) is 4.91. The lowest BCUT2D eigenvalue weighted by atomic mass is 10.2. The summed E-state index contributed by atoms with van der Waals surface area (Å²) in [5, 5.41) is 0. The van der Waals surface area contributed by atoms with Crippen LogP contribution in [-0.4, -0.2) is 32.8 Å². The van der Waals surface area contributed by atoms with Crippen LogP contribution in [-0.2, 0) is 6.54 Å². The molecular weight excluding hydrogens is 204 g/mol. The van der Waals surface area contributed by atoms with E-state index in [4.69, 9.17) is 0 Å². The smallest absolute Gasteiger partial charge is 0.255 e. The summed E-state index contributed by atoms with van der Waals surface area (Å²) in [7, 11) is 1.73. The lowest BCUT2D eigenvalue weighted by Crippen LogP contribution is -2.26. The normalized spacial score (nSPS) is 10.1. The first kappa shape index (κ1) is 10.4. The molecule has 0 spiro atoms. The zero-order valence-electron chi connectivity index (χ0n) is 8.92. The predicted octanol–water partition coefficient (Wildman–Crippen LogP) is 1.08. The molecule has 0 aromatic carbocycles. The van der Waals surface area contributed by atoms with Crippen molar-refractivity contribution in [2.24, 2.45) is 0 Å². The quantitative estimate of drug-likeness (QED) is 0.835. The molecule has 5 heteroatoms. The van der Waals surface area contributed by atoms with Crippen LogP contribution in [0.2, 0.25) is 0 Å². The van der Waals surface area contributed by atoms with E-state index >= 15 is 0 Å². The zero-order chi connectivity index (χ0) is 11.4. The average Bonchev–Trinajstić information content (AvgIpc) is 2.82. The molecule has 0 unspecified atom stereocenters. The Morgan fingerprint density at radius 1 is 1.50 bits per heavy atom. The summed E-state index contributed by atoms with van der Waals surface area (Å²) >= 11 is 0. The van der Waals surface area contributed by atoms with Crippen molar-refractivity contribution in [3.63, 3.8) is 0 Å². The minimum atomic E-state index is -0.0653. The Bertz CT molecular complexity index is 452. The Labute approximate surface area is 93.2 Å². The molecule has 5 nitrogen and oxygen atoms in total. The minimum Gasteiger partial charge on any atom is -0.347 e. The third kappa shape index (κ3) is 2.25. The standard InChI is InChI=1S/C11H12N4O/c1-15(8-10-13-5-6-14-10)11(16)9-3-2-4-12-7-9/h2-7H,8H2,1H3,(H,13,14). The van der Waals surface area contributed by atoms with Gasteiger partial charge < -0.3 is 9.88 Å². The van der Waals surface area contributed by atoms with Gasteiger partial charge >= 0.3 is 0 Å². The molecule has 1 N–H and O–H groups in total. The van der Waals surface area contributed by atoms with Crippen molar-refractivity contribution in [2.75, 3.05) is 7.05 Å². The van der Waals surface area contributed by atoms with Gasteiger partial charge in [0.05, 0.1) is 12.1 Å². The fourth-order valence-corrected chi connectivity index (χ4v) is 1.39. The number of aromatic nitrogens is 3. The van der Waals surface area contributed by atoms with E-state index in [1.54, 1.807) is 48.9 Å². The summed E-state index contributed by atoms with van der Waals surface area (Å²) in [5.41, 5.74) is 0.580. The molecule has 2 rings (SSSR count). The van der Waals surface area contributed by atoms with Gasteiger partial charge in [0.25, 0.3) is 5.91 Å². The summed E-state index contributed by atoms with van der Waals surface area (Å²) in [5.74, 6) is 0.698. The zero-order valence-corrected chi connectivity index (χ0v) is 8.92. The van der Waals surface area contributed by atoms with Crippen LogP contribution < -0.4 is 0 Å². The van der Waals surface area contributed by atoms with Gasteiger partial charge in [0, 0.05) is 31.8 Å². The Kier molecular flexibility index (Phi) is 2.95. The van der Waals surface area contributed by atoms with Gasteiger partial charge in [-0.15, -0.1) is 0 Å². The molecule has 2 heterocycles. The number of pyridine rings is 1. The number of nitrogens with one attached hydrogen (secondary N) is 1. The highest BCUT2D eigenvalue weighted by molar-refractivity contribution is 5.93. The molecule has 0 radical (unpaired) electrons. The molecule has 0 bridgehead atoms. The van der Waals surface area contributed by atoms with Gasteiger partial charge in [-0.25, -0.2) is 4.98 Å². The highest BCUT2D eigenvalue weighted by Crippen LogP contribution is 2.03. The summed E-state index contributed by atoms with van der Waals surface area (Å²) in [6.07, 6.45) is 6.60. The Hall–Kier alpha value is -2.17. The molecular formula is C11H12N4O. The molecule has 0 aliphatic heterocycles. The van der Waals surface area contributed by atoms with Crippen LogP contribution >= 0.6 is 0 Å². The Morgan fingerprint density at radius 3 is 3.00 bits per heavy atom. The van der Waals surface area contributed by atoms with Gasteiger partial charge in [0.2, 0.25) is 0 Å². The van der Waals surface area contributed by atoms with Crippen molar-refractivity contribution in [1.82, 2.24) is 19.9 Å². The fourth-order valence-electron chi connectivity index (χ4n) is 1.39. The van der Waals surface area contributed by atoms with Crippen molar-refractivity contribution in [1.29, 1.82) is 0 Å². The lowest BCUT2D eigenvalue weighted by molar-refractivity contribution is 0.0781. The molecule has 0 saturated carbocycles. The molecule has 0 atom stereocenters. The average molecular weight is 216 g/mol. The largest absolute Gasteiger partial charge is 0.347 e. The number of carbonyl (C=O) groups excluding carboxylic acids is 1. The molecule has 2 aromatic heterocycles. The van der Waals surface area contributed by atoms with Crippen LogP contribution in [0.5, 0.6) is 0 Å². The molecule has 2 aromatic rings. The molecule has 0 aliphatic rings. The van der Waals surface area contributed by atoms with Gasteiger partial charge in [0.15, 0.2) is 0 Å². The summed E-state index contributed by atoms with van der Waals surface area (Å²) in [4.78, 5) is 24.4. The van der Waals surface area contributed by atoms with Crippen molar-refractivity contribution in [3.8, 4) is 0 Å². The van der Waals surface area contributed by atoms with Crippen LogP contribution in [0.15, 0.2) is 36.9 Å². The second-order valence-corrected chi connectivity index (χ2v) is 3.44. The first-order valence-electron chi connectivity index (χ1n) is 4.91. The fraction of sp³-hybridized carbons (Fsp3) is 0.182.